The van der Waals surface area contributed by atoms with E-state index in [1.165, 1.54) is 0 Å². The van der Waals surface area contributed by atoms with Crippen molar-refractivity contribution in [2.75, 3.05) is 13.2 Å². The first kappa shape index (κ1) is 27.0. The van der Waals surface area contributed by atoms with Crippen molar-refractivity contribution in [2.24, 2.45) is 28.9 Å². The average molecular weight is 483 g/mol. The van der Waals surface area contributed by atoms with Gasteiger partial charge < -0.3 is 72.9 Å². The summed E-state index contributed by atoms with van der Waals surface area (Å²) in [7, 11) is 0. The second-order valence-electron chi connectivity index (χ2n) is 9.28. The molecule has 3 aliphatic rings. The highest BCUT2D eigenvalue weighted by Gasteiger charge is 2.51. The van der Waals surface area contributed by atoms with Crippen molar-refractivity contribution >= 4 is 0 Å². The number of nitrogens with two attached hydrogens (primary N) is 4. The Labute approximate surface area is 191 Å². The Bertz CT molecular complexity index is 583. The summed E-state index contributed by atoms with van der Waals surface area (Å²) in [6.45, 7) is -0.525. The topological polar surface area (TPSA) is 273 Å². The van der Waals surface area contributed by atoms with Gasteiger partial charge in [-0.2, -0.15) is 0 Å². The molecule has 0 unspecified atom stereocenters. The zero-order valence-corrected chi connectivity index (χ0v) is 18.2. The van der Waals surface area contributed by atoms with Gasteiger partial charge in [-0.1, -0.05) is 0 Å². The molecule has 14 heteroatoms. The highest BCUT2D eigenvalue weighted by Crippen LogP contribution is 2.33. The van der Waals surface area contributed by atoms with Crippen LogP contribution < -0.4 is 22.9 Å². The van der Waals surface area contributed by atoms with Gasteiger partial charge in [-0.25, -0.2) is 0 Å². The molecule has 0 radical (unpaired) electrons. The number of hydrogen-bond acceptors (Lipinski definition) is 14. The first-order valence-electron chi connectivity index (χ1n) is 11.1. The fourth-order valence-electron chi connectivity index (χ4n) is 4.87. The predicted molar refractivity (Wildman–Crippen MR) is 111 cm³/mol. The molecule has 3 fully saturated rings. The van der Waals surface area contributed by atoms with Crippen LogP contribution in [0.4, 0.5) is 0 Å². The lowest BCUT2D eigenvalue weighted by atomic mass is 9.79. The van der Waals surface area contributed by atoms with Gasteiger partial charge in [-0.05, 0) is 19.4 Å². The highest BCUT2D eigenvalue weighted by atomic mass is 16.7. The van der Waals surface area contributed by atoms with Crippen molar-refractivity contribution in [1.29, 1.82) is 0 Å². The molecule has 3 rings (SSSR count). The van der Waals surface area contributed by atoms with Crippen molar-refractivity contribution < 1.29 is 50.0 Å². The van der Waals surface area contributed by atoms with Crippen LogP contribution in [0.5, 0.6) is 0 Å². The Kier molecular flexibility index (Phi) is 9.02. The number of rotatable bonds is 6. The summed E-state index contributed by atoms with van der Waals surface area (Å²) in [4.78, 5) is 0. The van der Waals surface area contributed by atoms with Crippen LogP contribution >= 0.6 is 0 Å². The molecular weight excluding hydrogens is 444 g/mol. The maximum atomic E-state index is 11.0. The third kappa shape index (κ3) is 5.34. The molecule has 0 spiro atoms. The highest BCUT2D eigenvalue weighted by molar-refractivity contribution is 5.02. The molecule has 2 saturated carbocycles. The van der Waals surface area contributed by atoms with E-state index in [1.807, 2.05) is 0 Å². The predicted octanol–water partition coefficient (Wildman–Crippen LogP) is -6.63. The summed E-state index contributed by atoms with van der Waals surface area (Å²) in [5, 5.41) is 71.3. The molecule has 194 valence electrons. The van der Waals surface area contributed by atoms with E-state index in [-0.39, 0.29) is 19.4 Å². The van der Waals surface area contributed by atoms with Gasteiger partial charge in [-0.15, -0.1) is 0 Å². The molecular formula is C19H38N4O10. The number of aliphatic hydroxyl groups is 7. The minimum absolute atomic E-state index is 0.0513. The van der Waals surface area contributed by atoms with Crippen LogP contribution in [0.15, 0.2) is 0 Å². The monoisotopic (exact) mass is 482 g/mol. The largest absolute Gasteiger partial charge is 0.394 e. The van der Waals surface area contributed by atoms with Crippen LogP contribution in [0, 0.1) is 5.92 Å². The molecule has 0 aromatic heterocycles. The minimum atomic E-state index is -1.49. The maximum Gasteiger partial charge on any atom is 0.186 e. The Hall–Kier alpha value is -0.560. The molecule has 15 atom stereocenters. The molecule has 1 saturated heterocycles. The first-order chi connectivity index (χ1) is 15.5. The second kappa shape index (κ2) is 11.0. The Morgan fingerprint density at radius 3 is 1.91 bits per heavy atom. The number of ether oxygens (including phenoxy) is 3. The van der Waals surface area contributed by atoms with Crippen LogP contribution in [0.2, 0.25) is 0 Å². The lowest BCUT2D eigenvalue weighted by molar-refractivity contribution is -0.308. The molecule has 0 aromatic rings. The van der Waals surface area contributed by atoms with E-state index >= 15 is 0 Å². The number of hydrogen-bond donors (Lipinski definition) is 11. The third-order valence-electron chi connectivity index (χ3n) is 7.02. The molecule has 15 N–H and O–H groups in total. The van der Waals surface area contributed by atoms with Crippen LogP contribution in [-0.2, 0) is 14.2 Å². The first-order valence-corrected chi connectivity index (χ1v) is 11.1. The van der Waals surface area contributed by atoms with Crippen LogP contribution in [-0.4, -0.2) is 134 Å². The smallest absolute Gasteiger partial charge is 0.186 e. The van der Waals surface area contributed by atoms with Crippen LogP contribution in [0.3, 0.4) is 0 Å². The van der Waals surface area contributed by atoms with Crippen molar-refractivity contribution in [1.82, 2.24) is 0 Å². The van der Waals surface area contributed by atoms with Gasteiger partial charge in [0.15, 0.2) is 6.29 Å². The molecule has 0 amide bonds. The van der Waals surface area contributed by atoms with Crippen molar-refractivity contribution in [3.05, 3.63) is 0 Å². The fraction of sp³-hybridized carbons (Fsp3) is 1.00. The number of aliphatic hydroxyl groups excluding tert-OH is 7. The van der Waals surface area contributed by atoms with Gasteiger partial charge in [0.25, 0.3) is 0 Å². The van der Waals surface area contributed by atoms with Crippen molar-refractivity contribution in [2.45, 2.75) is 98.3 Å². The van der Waals surface area contributed by atoms with Crippen LogP contribution in [0.25, 0.3) is 0 Å². The molecule has 1 heterocycles. The Balaban J connectivity index is 1.72. The minimum Gasteiger partial charge on any atom is -0.394 e. The van der Waals surface area contributed by atoms with Gasteiger partial charge in [0.1, 0.15) is 48.8 Å². The van der Waals surface area contributed by atoms with Gasteiger partial charge in [-0.3, -0.25) is 0 Å². The standard InChI is InChI=1S/C19H38N4O10/c20-3-5-1-8(13(27)15(29)11(5)25)31-17-6(21)2-7(22)18(16(17)30)33-19-14(28)10(23)12(26)9(4-24)32-19/h5-19,24-30H,1-4,20-23H2/t5-,6+,7-,8+,9-,10+,11-,12-,13+,14-,15+,16+,17-,18+,19-/m1/s1. The van der Waals surface area contributed by atoms with E-state index in [9.17, 15) is 35.7 Å². The normalized spacial score (nSPS) is 53.7. The van der Waals surface area contributed by atoms with E-state index in [1.54, 1.807) is 0 Å². The lowest BCUT2D eigenvalue weighted by Gasteiger charge is -2.48. The van der Waals surface area contributed by atoms with E-state index in [0.717, 1.165) is 0 Å². The van der Waals surface area contributed by atoms with Gasteiger partial charge in [0.05, 0.1) is 24.9 Å². The van der Waals surface area contributed by atoms with E-state index in [4.69, 9.17) is 37.1 Å². The molecule has 33 heavy (non-hydrogen) atoms. The Morgan fingerprint density at radius 2 is 1.33 bits per heavy atom. The van der Waals surface area contributed by atoms with Gasteiger partial charge >= 0.3 is 0 Å². The van der Waals surface area contributed by atoms with Gasteiger partial charge in [0.2, 0.25) is 0 Å². The quantitative estimate of drug-likeness (QED) is 0.168. The summed E-state index contributed by atoms with van der Waals surface area (Å²) >= 11 is 0. The Morgan fingerprint density at radius 1 is 0.727 bits per heavy atom. The zero-order valence-electron chi connectivity index (χ0n) is 18.2. The molecule has 1 aliphatic heterocycles. The summed E-state index contributed by atoms with van der Waals surface area (Å²) in [5.41, 5.74) is 23.7. The van der Waals surface area contributed by atoms with E-state index < -0.39 is 98.0 Å². The summed E-state index contributed by atoms with van der Waals surface area (Å²) in [6.07, 6.45) is -13.8. The van der Waals surface area contributed by atoms with E-state index in [0.29, 0.717) is 0 Å². The third-order valence-corrected chi connectivity index (χ3v) is 7.02. The molecule has 0 aromatic carbocycles. The molecule has 2 aliphatic carbocycles. The second-order valence-corrected chi connectivity index (χ2v) is 9.28. The van der Waals surface area contributed by atoms with E-state index in [2.05, 4.69) is 0 Å². The van der Waals surface area contributed by atoms with Crippen molar-refractivity contribution in [3.8, 4) is 0 Å². The average Bonchev–Trinajstić information content (AvgIpc) is 2.79. The molecule has 0 bridgehead atoms. The maximum absolute atomic E-state index is 11.0. The lowest BCUT2D eigenvalue weighted by Crippen LogP contribution is -2.68. The van der Waals surface area contributed by atoms with Crippen molar-refractivity contribution in [3.63, 3.8) is 0 Å². The summed E-state index contributed by atoms with van der Waals surface area (Å²) < 4.78 is 17.0. The zero-order chi connectivity index (χ0) is 24.6. The molecule has 14 nitrogen and oxygen atoms in total. The summed E-state index contributed by atoms with van der Waals surface area (Å²) in [5.74, 6) is -0.534. The SMILES string of the molecule is NC[C@H]1C[C@H](O[C@H]2[C@H](O)[C@@H](O[C@H]3O[C@H](CO)[C@@H](O)[C@H](N)[C@H]3O)[C@H](N)C[C@@H]2N)[C@H](O)[C@@H](O)[C@@H]1O. The fourth-order valence-corrected chi connectivity index (χ4v) is 4.87. The van der Waals surface area contributed by atoms with Gasteiger partial charge in [0, 0.05) is 18.0 Å². The summed E-state index contributed by atoms with van der Waals surface area (Å²) in [6, 6.07) is -2.72. The van der Waals surface area contributed by atoms with Crippen LogP contribution in [0.1, 0.15) is 12.8 Å².